The van der Waals surface area contributed by atoms with Crippen molar-refractivity contribution >= 4 is 34.8 Å². The van der Waals surface area contributed by atoms with E-state index in [9.17, 15) is 9.59 Å². The van der Waals surface area contributed by atoms with Crippen LogP contribution in [0.15, 0.2) is 48.5 Å². The number of anilines is 2. The van der Waals surface area contributed by atoms with Gasteiger partial charge in [0, 0.05) is 10.6 Å². The van der Waals surface area contributed by atoms with Crippen molar-refractivity contribution in [3.63, 3.8) is 0 Å². The topological polar surface area (TPSA) is 53.9 Å². The Morgan fingerprint density at radius 1 is 1.21 bits per heavy atom. The van der Waals surface area contributed by atoms with Crippen LogP contribution < -0.4 is 15.1 Å². The summed E-state index contributed by atoms with van der Waals surface area (Å²) in [7, 11) is 1.96. The molecule has 0 spiro atoms. The zero-order chi connectivity index (χ0) is 17.1. The molecule has 0 bridgehead atoms. The summed E-state index contributed by atoms with van der Waals surface area (Å²) in [6, 6.07) is 15.0. The lowest BCUT2D eigenvalue weighted by Crippen LogP contribution is -3.09. The quantitative estimate of drug-likeness (QED) is 0.879. The number of quaternary nitrogens is 1. The first-order chi connectivity index (χ1) is 11.5. The number of likely N-dealkylation sites (N-methyl/N-ethyl adjacent to an activating group) is 1. The highest BCUT2D eigenvalue weighted by molar-refractivity contribution is 6.30. The minimum absolute atomic E-state index is 0.0596. The monoisotopic (exact) mass is 344 g/mol. The molecule has 2 amide bonds. The van der Waals surface area contributed by atoms with Gasteiger partial charge in [0.15, 0.2) is 6.54 Å². The van der Waals surface area contributed by atoms with Gasteiger partial charge in [0.1, 0.15) is 13.1 Å². The average molecular weight is 345 g/mol. The Labute approximate surface area is 145 Å². The minimum atomic E-state index is -0.169. The van der Waals surface area contributed by atoms with E-state index < -0.39 is 0 Å². The van der Waals surface area contributed by atoms with Crippen LogP contribution >= 0.6 is 11.6 Å². The SMILES string of the molecule is C[NH+](CC(=O)N1CC(=O)Nc2ccccc21)Cc1ccc(Cl)cc1. The van der Waals surface area contributed by atoms with Gasteiger partial charge in [0.2, 0.25) is 5.91 Å². The van der Waals surface area contributed by atoms with Crippen molar-refractivity contribution in [1.29, 1.82) is 0 Å². The van der Waals surface area contributed by atoms with E-state index >= 15 is 0 Å². The number of carbonyl (C=O) groups is 2. The number of amides is 2. The van der Waals surface area contributed by atoms with Gasteiger partial charge in [-0.1, -0.05) is 35.9 Å². The lowest BCUT2D eigenvalue weighted by atomic mass is 10.2. The molecular formula is C18H19ClN3O2+. The molecule has 0 fully saturated rings. The first kappa shape index (κ1) is 16.5. The standard InChI is InChI=1S/C18H18ClN3O2/c1-21(10-13-6-8-14(19)9-7-13)12-18(24)22-11-17(23)20-15-4-2-3-5-16(15)22/h2-9H,10-12H2,1H3,(H,20,23)/p+1. The number of benzene rings is 2. The molecule has 124 valence electrons. The van der Waals surface area contributed by atoms with E-state index in [1.54, 1.807) is 11.0 Å². The number of hydrogen-bond donors (Lipinski definition) is 2. The smallest absolute Gasteiger partial charge is 0.282 e. The second-order valence-electron chi connectivity index (χ2n) is 5.98. The third kappa shape index (κ3) is 3.75. The van der Waals surface area contributed by atoms with Crippen molar-refractivity contribution in [3.05, 3.63) is 59.1 Å². The number of nitrogens with zero attached hydrogens (tertiary/aromatic N) is 1. The molecule has 0 saturated carbocycles. The molecule has 1 atom stereocenters. The molecule has 1 unspecified atom stereocenters. The van der Waals surface area contributed by atoms with Gasteiger partial charge in [-0.25, -0.2) is 0 Å². The number of halogens is 1. The molecule has 0 aliphatic carbocycles. The zero-order valence-corrected chi connectivity index (χ0v) is 14.1. The Morgan fingerprint density at radius 3 is 2.67 bits per heavy atom. The second kappa shape index (κ2) is 7.03. The fourth-order valence-corrected chi connectivity index (χ4v) is 2.95. The summed E-state index contributed by atoms with van der Waals surface area (Å²) in [5, 5.41) is 3.49. The number of fused-ring (bicyclic) bond motifs is 1. The lowest BCUT2D eigenvalue weighted by Gasteiger charge is -2.29. The highest BCUT2D eigenvalue weighted by atomic mass is 35.5. The van der Waals surface area contributed by atoms with Crippen LogP contribution in [0.2, 0.25) is 5.02 Å². The van der Waals surface area contributed by atoms with Crippen LogP contribution in [0.4, 0.5) is 11.4 Å². The normalized spacial score (nSPS) is 14.8. The number of carbonyl (C=O) groups excluding carboxylic acids is 2. The van der Waals surface area contributed by atoms with E-state index in [0.717, 1.165) is 16.2 Å². The van der Waals surface area contributed by atoms with E-state index in [4.69, 9.17) is 11.6 Å². The van der Waals surface area contributed by atoms with E-state index in [-0.39, 0.29) is 18.4 Å². The highest BCUT2D eigenvalue weighted by Crippen LogP contribution is 2.28. The van der Waals surface area contributed by atoms with Crippen LogP contribution in [0.3, 0.4) is 0 Å². The largest absolute Gasteiger partial charge is 0.326 e. The van der Waals surface area contributed by atoms with Crippen LogP contribution in [-0.4, -0.2) is 32.0 Å². The number of para-hydroxylation sites is 2. The fraction of sp³-hybridized carbons (Fsp3) is 0.222. The summed E-state index contributed by atoms with van der Waals surface area (Å²) < 4.78 is 0. The van der Waals surface area contributed by atoms with Gasteiger partial charge in [-0.3, -0.25) is 14.5 Å². The summed E-state index contributed by atoms with van der Waals surface area (Å²) in [5.41, 5.74) is 2.54. The number of rotatable bonds is 4. The first-order valence-electron chi connectivity index (χ1n) is 7.78. The van der Waals surface area contributed by atoms with Gasteiger partial charge in [0.05, 0.1) is 18.4 Å². The van der Waals surface area contributed by atoms with Gasteiger partial charge in [-0.2, -0.15) is 0 Å². The molecular weight excluding hydrogens is 326 g/mol. The summed E-state index contributed by atoms with van der Waals surface area (Å²) in [6.45, 7) is 1.08. The third-order valence-corrected chi connectivity index (χ3v) is 4.20. The molecule has 1 aliphatic heterocycles. The summed E-state index contributed by atoms with van der Waals surface area (Å²) >= 11 is 5.89. The second-order valence-corrected chi connectivity index (χ2v) is 6.42. The van der Waals surface area contributed by atoms with Gasteiger partial charge in [-0.15, -0.1) is 0 Å². The van der Waals surface area contributed by atoms with Crippen molar-refractivity contribution in [2.75, 3.05) is 30.4 Å². The maximum absolute atomic E-state index is 12.7. The van der Waals surface area contributed by atoms with Crippen LogP contribution in [0.5, 0.6) is 0 Å². The van der Waals surface area contributed by atoms with E-state index in [2.05, 4.69) is 5.32 Å². The molecule has 0 aromatic heterocycles. The van der Waals surface area contributed by atoms with Crippen LogP contribution in [0.1, 0.15) is 5.56 Å². The summed E-state index contributed by atoms with van der Waals surface area (Å²) in [6.07, 6.45) is 0. The van der Waals surface area contributed by atoms with E-state index in [0.29, 0.717) is 23.8 Å². The highest BCUT2D eigenvalue weighted by Gasteiger charge is 2.28. The van der Waals surface area contributed by atoms with Crippen LogP contribution in [-0.2, 0) is 16.1 Å². The lowest BCUT2D eigenvalue weighted by molar-refractivity contribution is -0.885. The molecule has 2 aromatic carbocycles. The molecule has 2 aromatic rings. The summed E-state index contributed by atoms with van der Waals surface area (Å²) in [5.74, 6) is -0.235. The predicted molar refractivity (Wildman–Crippen MR) is 94.3 cm³/mol. The number of hydrogen-bond acceptors (Lipinski definition) is 2. The van der Waals surface area contributed by atoms with Crippen molar-refractivity contribution in [2.45, 2.75) is 6.54 Å². The molecule has 1 aliphatic rings. The molecule has 5 nitrogen and oxygen atoms in total. The third-order valence-electron chi connectivity index (χ3n) is 3.94. The maximum atomic E-state index is 12.7. The molecule has 1 heterocycles. The Morgan fingerprint density at radius 2 is 1.92 bits per heavy atom. The minimum Gasteiger partial charge on any atom is -0.326 e. The van der Waals surface area contributed by atoms with Crippen molar-refractivity contribution in [2.24, 2.45) is 0 Å². The maximum Gasteiger partial charge on any atom is 0.282 e. The zero-order valence-electron chi connectivity index (χ0n) is 13.4. The number of nitrogens with one attached hydrogen (secondary N) is 2. The van der Waals surface area contributed by atoms with E-state index in [1.807, 2.05) is 49.5 Å². The Hall–Kier alpha value is -2.37. The molecule has 0 saturated heterocycles. The molecule has 6 heteroatoms. The molecule has 3 rings (SSSR count). The Kier molecular flexibility index (Phi) is 4.83. The Balaban J connectivity index is 1.68. The Bertz CT molecular complexity index is 761. The molecule has 2 N–H and O–H groups in total. The van der Waals surface area contributed by atoms with Crippen molar-refractivity contribution in [1.82, 2.24) is 0 Å². The van der Waals surface area contributed by atoms with Crippen molar-refractivity contribution < 1.29 is 14.5 Å². The fourth-order valence-electron chi connectivity index (χ4n) is 2.82. The van der Waals surface area contributed by atoms with Crippen LogP contribution in [0.25, 0.3) is 0 Å². The molecule has 0 radical (unpaired) electrons. The molecule has 24 heavy (non-hydrogen) atoms. The van der Waals surface area contributed by atoms with Gasteiger partial charge in [-0.05, 0) is 24.3 Å². The van der Waals surface area contributed by atoms with Crippen molar-refractivity contribution in [3.8, 4) is 0 Å². The predicted octanol–water partition coefficient (Wildman–Crippen LogP) is 1.34. The average Bonchev–Trinajstić information content (AvgIpc) is 2.56. The van der Waals surface area contributed by atoms with Gasteiger partial charge in [0.25, 0.3) is 5.91 Å². The summed E-state index contributed by atoms with van der Waals surface area (Å²) in [4.78, 5) is 27.1. The van der Waals surface area contributed by atoms with Gasteiger partial charge >= 0.3 is 0 Å². The first-order valence-corrected chi connectivity index (χ1v) is 8.16. The van der Waals surface area contributed by atoms with Gasteiger partial charge < -0.3 is 10.2 Å². The van der Waals surface area contributed by atoms with Crippen LogP contribution in [0, 0.1) is 0 Å². The van der Waals surface area contributed by atoms with E-state index in [1.165, 1.54) is 0 Å².